The van der Waals surface area contributed by atoms with Crippen molar-refractivity contribution in [3.8, 4) is 5.75 Å². The van der Waals surface area contributed by atoms with Crippen molar-refractivity contribution in [1.29, 1.82) is 0 Å². The zero-order valence-electron chi connectivity index (χ0n) is 22.4. The van der Waals surface area contributed by atoms with Gasteiger partial charge in [0.15, 0.2) is 0 Å². The van der Waals surface area contributed by atoms with E-state index in [0.29, 0.717) is 32.5 Å². The third-order valence-corrected chi connectivity index (χ3v) is 7.67. The van der Waals surface area contributed by atoms with E-state index in [2.05, 4.69) is 11.4 Å². The van der Waals surface area contributed by atoms with E-state index < -0.39 is 17.5 Å². The minimum absolute atomic E-state index is 0.0885. The van der Waals surface area contributed by atoms with Gasteiger partial charge >= 0.3 is 6.03 Å². The summed E-state index contributed by atoms with van der Waals surface area (Å²) in [6, 6.07) is 6.63. The van der Waals surface area contributed by atoms with Crippen LogP contribution in [0.5, 0.6) is 5.75 Å². The molecule has 0 aromatic heterocycles. The number of rotatable bonds is 8. The Balaban J connectivity index is 1.58. The second-order valence-electron chi connectivity index (χ2n) is 10.3. The summed E-state index contributed by atoms with van der Waals surface area (Å²) in [7, 11) is 1.62. The Morgan fingerprint density at radius 1 is 1.18 bits per heavy atom. The summed E-state index contributed by atoms with van der Waals surface area (Å²) >= 11 is 0. The van der Waals surface area contributed by atoms with E-state index in [9.17, 15) is 14.4 Å². The Morgan fingerprint density at radius 3 is 2.68 bits per heavy atom. The highest BCUT2D eigenvalue weighted by molar-refractivity contribution is 5.96. The van der Waals surface area contributed by atoms with Crippen LogP contribution in [-0.2, 0) is 25.6 Å². The van der Waals surface area contributed by atoms with Gasteiger partial charge in [-0.25, -0.2) is 4.79 Å². The molecule has 0 spiro atoms. The first-order chi connectivity index (χ1) is 18.4. The summed E-state index contributed by atoms with van der Waals surface area (Å²) < 4.78 is 16.4. The number of benzene rings is 1. The van der Waals surface area contributed by atoms with Gasteiger partial charge in [0.25, 0.3) is 0 Å². The standard InChI is InChI=1S/C28H40N4O6/c1-3-37-19-38-23-15-24-25(33)30-28(26(29)34)16-21(28)9-7-5-4-6-8-14-31(27(35)32(24)18-23)17-20-10-12-22(36-2)13-11-20/h7,9-13,21,23-24H,3-6,8,14-19H2,1-2H3,(H2,29,34)(H,30,33). The number of hydrogen-bond donors (Lipinski definition) is 2. The Morgan fingerprint density at radius 2 is 1.97 bits per heavy atom. The van der Waals surface area contributed by atoms with Crippen molar-refractivity contribution in [2.24, 2.45) is 11.7 Å². The monoisotopic (exact) mass is 528 g/mol. The minimum atomic E-state index is -1.10. The number of fused-ring (bicyclic) bond motifs is 2. The van der Waals surface area contributed by atoms with Gasteiger partial charge in [0.2, 0.25) is 11.8 Å². The van der Waals surface area contributed by atoms with Crippen molar-refractivity contribution in [2.75, 3.05) is 33.6 Å². The Hall–Kier alpha value is -3.11. The predicted molar refractivity (Wildman–Crippen MR) is 141 cm³/mol. The van der Waals surface area contributed by atoms with Gasteiger partial charge in [0.1, 0.15) is 24.1 Å². The van der Waals surface area contributed by atoms with Crippen molar-refractivity contribution >= 4 is 17.8 Å². The van der Waals surface area contributed by atoms with Gasteiger partial charge in [-0.2, -0.15) is 0 Å². The van der Waals surface area contributed by atoms with Gasteiger partial charge in [-0.15, -0.1) is 0 Å². The Bertz CT molecular complexity index is 1020. The van der Waals surface area contributed by atoms with Crippen LogP contribution in [0.25, 0.3) is 0 Å². The number of ether oxygens (including phenoxy) is 3. The molecule has 10 heteroatoms. The van der Waals surface area contributed by atoms with Crippen molar-refractivity contribution in [3.63, 3.8) is 0 Å². The number of carbonyl (C=O) groups is 3. The lowest BCUT2D eigenvalue weighted by molar-refractivity contribution is -0.131. The van der Waals surface area contributed by atoms with E-state index in [1.807, 2.05) is 37.3 Å². The molecule has 4 atom stereocenters. The SMILES string of the molecule is CCOCOC1CC2C(=O)NC3(C(N)=O)CC3C=CCCCCCN(Cc3ccc(OC)cc3)C(=O)N2C1. The highest BCUT2D eigenvalue weighted by Crippen LogP contribution is 2.45. The van der Waals surface area contributed by atoms with Crippen molar-refractivity contribution in [1.82, 2.24) is 15.1 Å². The van der Waals surface area contributed by atoms with Crippen LogP contribution in [0, 0.1) is 5.92 Å². The number of nitrogens with two attached hydrogens (primary N) is 1. The largest absolute Gasteiger partial charge is 0.497 e. The Kier molecular flexibility index (Phi) is 9.27. The number of primary amides is 1. The third kappa shape index (κ3) is 6.47. The fourth-order valence-corrected chi connectivity index (χ4v) is 5.30. The van der Waals surface area contributed by atoms with E-state index >= 15 is 0 Å². The molecule has 1 aliphatic carbocycles. The highest BCUT2D eigenvalue weighted by Gasteiger charge is 2.60. The molecule has 1 aromatic carbocycles. The van der Waals surface area contributed by atoms with Crippen LogP contribution in [-0.4, -0.2) is 78.9 Å². The van der Waals surface area contributed by atoms with E-state index in [0.717, 1.165) is 37.0 Å². The van der Waals surface area contributed by atoms with E-state index in [4.69, 9.17) is 19.9 Å². The number of urea groups is 1. The molecule has 4 unspecified atom stereocenters. The Labute approximate surface area is 224 Å². The number of carbonyl (C=O) groups excluding carboxylic acids is 3. The lowest BCUT2D eigenvalue weighted by Gasteiger charge is -2.32. The summed E-state index contributed by atoms with van der Waals surface area (Å²) in [4.78, 5) is 43.3. The van der Waals surface area contributed by atoms with Crippen LogP contribution in [0.2, 0.25) is 0 Å². The van der Waals surface area contributed by atoms with Crippen LogP contribution < -0.4 is 15.8 Å². The molecule has 0 radical (unpaired) electrons. The van der Waals surface area contributed by atoms with Crippen LogP contribution >= 0.6 is 0 Å². The number of amides is 4. The smallest absolute Gasteiger partial charge is 0.321 e. The molecule has 0 bridgehead atoms. The fourth-order valence-electron chi connectivity index (χ4n) is 5.30. The number of methoxy groups -OCH3 is 1. The molecule has 10 nitrogen and oxygen atoms in total. The van der Waals surface area contributed by atoms with Gasteiger partial charge in [0.05, 0.1) is 13.2 Å². The highest BCUT2D eigenvalue weighted by atomic mass is 16.7. The molecule has 4 rings (SSSR count). The average Bonchev–Trinajstić information content (AvgIpc) is 3.44. The quantitative estimate of drug-likeness (QED) is 0.304. The van der Waals surface area contributed by atoms with E-state index in [1.165, 1.54) is 0 Å². The number of allylic oxidation sites excluding steroid dienone is 1. The van der Waals surface area contributed by atoms with Crippen LogP contribution in [0.4, 0.5) is 4.79 Å². The second-order valence-corrected chi connectivity index (χ2v) is 10.3. The summed E-state index contributed by atoms with van der Waals surface area (Å²) in [5.74, 6) is -0.311. The lowest BCUT2D eigenvalue weighted by atomic mass is 10.1. The number of hydrogen-bond acceptors (Lipinski definition) is 6. The third-order valence-electron chi connectivity index (χ3n) is 7.67. The molecular formula is C28H40N4O6. The number of nitrogens with one attached hydrogen (secondary N) is 1. The lowest BCUT2D eigenvalue weighted by Crippen LogP contribution is -2.56. The summed E-state index contributed by atoms with van der Waals surface area (Å²) in [6.45, 7) is 3.70. The van der Waals surface area contributed by atoms with E-state index in [-0.39, 0.29) is 37.3 Å². The molecule has 1 saturated carbocycles. The molecule has 3 N–H and O–H groups in total. The zero-order chi connectivity index (χ0) is 27.1. The molecule has 38 heavy (non-hydrogen) atoms. The summed E-state index contributed by atoms with van der Waals surface area (Å²) in [6.07, 6.45) is 8.15. The van der Waals surface area contributed by atoms with Gasteiger partial charge < -0.3 is 35.1 Å². The fraction of sp³-hybridized carbons (Fsp3) is 0.607. The molecule has 3 aliphatic rings. The molecule has 1 saturated heterocycles. The van der Waals surface area contributed by atoms with Gasteiger partial charge in [0, 0.05) is 38.6 Å². The predicted octanol–water partition coefficient (Wildman–Crippen LogP) is 2.56. The number of nitrogens with zero attached hydrogens (tertiary/aromatic N) is 2. The molecule has 2 heterocycles. The topological polar surface area (TPSA) is 123 Å². The maximum Gasteiger partial charge on any atom is 0.321 e. The van der Waals surface area contributed by atoms with Crippen LogP contribution in [0.1, 0.15) is 51.0 Å². The second kappa shape index (κ2) is 12.6. The molecule has 208 valence electrons. The van der Waals surface area contributed by atoms with Crippen molar-refractivity contribution in [3.05, 3.63) is 42.0 Å². The van der Waals surface area contributed by atoms with Crippen LogP contribution in [0.15, 0.2) is 36.4 Å². The first kappa shape index (κ1) is 27.9. The summed E-state index contributed by atoms with van der Waals surface area (Å²) in [5.41, 5.74) is 5.61. The minimum Gasteiger partial charge on any atom is -0.497 e. The van der Waals surface area contributed by atoms with Gasteiger partial charge in [-0.05, 0) is 50.3 Å². The molecule has 1 aromatic rings. The van der Waals surface area contributed by atoms with Crippen molar-refractivity contribution in [2.45, 2.75) is 69.7 Å². The molecule has 2 aliphatic heterocycles. The van der Waals surface area contributed by atoms with E-state index in [1.54, 1.807) is 16.9 Å². The van der Waals surface area contributed by atoms with Crippen molar-refractivity contribution < 1.29 is 28.6 Å². The summed E-state index contributed by atoms with van der Waals surface area (Å²) in [5, 5.41) is 2.92. The molecular weight excluding hydrogens is 488 g/mol. The molecule has 4 amide bonds. The first-order valence-electron chi connectivity index (χ1n) is 13.5. The normalized spacial score (nSPS) is 28.1. The van der Waals surface area contributed by atoms with Crippen LogP contribution in [0.3, 0.4) is 0 Å². The van der Waals surface area contributed by atoms with Gasteiger partial charge in [-0.3, -0.25) is 9.59 Å². The zero-order valence-corrected chi connectivity index (χ0v) is 22.4. The average molecular weight is 529 g/mol. The van der Waals surface area contributed by atoms with Gasteiger partial charge in [-0.1, -0.05) is 30.7 Å². The maximum atomic E-state index is 14.0. The first-order valence-corrected chi connectivity index (χ1v) is 13.5. The maximum absolute atomic E-state index is 14.0. The molecule has 2 fully saturated rings.